The topological polar surface area (TPSA) is 69.4 Å². The van der Waals surface area contributed by atoms with Crippen molar-refractivity contribution in [3.63, 3.8) is 0 Å². The van der Waals surface area contributed by atoms with E-state index in [4.69, 9.17) is 4.74 Å². The quantitative estimate of drug-likeness (QED) is 0.469. The second kappa shape index (κ2) is 5.16. The molecule has 18 heavy (non-hydrogen) atoms. The molecule has 1 fully saturated rings. The summed E-state index contributed by atoms with van der Waals surface area (Å²) in [4.78, 5) is 21.8. The summed E-state index contributed by atoms with van der Waals surface area (Å²) in [6.45, 7) is 2.14. The van der Waals surface area contributed by atoms with Gasteiger partial charge in [-0.05, 0) is 37.3 Å². The third-order valence-corrected chi connectivity index (χ3v) is 3.23. The molecule has 5 heteroatoms. The Morgan fingerprint density at radius 3 is 2.50 bits per heavy atom. The van der Waals surface area contributed by atoms with E-state index in [1.165, 1.54) is 24.3 Å². The van der Waals surface area contributed by atoms with Gasteiger partial charge < -0.3 is 4.74 Å². The van der Waals surface area contributed by atoms with Gasteiger partial charge in [0.15, 0.2) is 0 Å². The fourth-order valence-electron chi connectivity index (χ4n) is 2.20. The summed E-state index contributed by atoms with van der Waals surface area (Å²) < 4.78 is 5.36. The second-order valence-corrected chi connectivity index (χ2v) is 4.75. The molecule has 1 aliphatic rings. The number of ether oxygens (including phenoxy) is 1. The molecule has 0 spiro atoms. The highest BCUT2D eigenvalue weighted by atomic mass is 16.6. The van der Waals surface area contributed by atoms with E-state index in [0.29, 0.717) is 11.5 Å². The molecule has 1 aromatic carbocycles. The van der Waals surface area contributed by atoms with Crippen molar-refractivity contribution in [3.8, 4) is 0 Å². The van der Waals surface area contributed by atoms with Gasteiger partial charge in [0.05, 0.1) is 10.5 Å². The number of benzene rings is 1. The lowest BCUT2D eigenvalue weighted by molar-refractivity contribution is -0.384. The van der Waals surface area contributed by atoms with Crippen LogP contribution < -0.4 is 0 Å². The van der Waals surface area contributed by atoms with Crippen LogP contribution in [-0.2, 0) is 4.74 Å². The van der Waals surface area contributed by atoms with Crippen molar-refractivity contribution in [2.45, 2.75) is 32.3 Å². The minimum Gasteiger partial charge on any atom is -0.459 e. The molecule has 1 aromatic rings. The number of carbonyl (C=O) groups is 1. The number of carbonyl (C=O) groups excluding carboxylic acids is 1. The van der Waals surface area contributed by atoms with Crippen LogP contribution in [0.5, 0.6) is 0 Å². The zero-order chi connectivity index (χ0) is 13.1. The molecule has 0 saturated heterocycles. The summed E-state index contributed by atoms with van der Waals surface area (Å²) in [7, 11) is 0. The van der Waals surface area contributed by atoms with E-state index >= 15 is 0 Å². The van der Waals surface area contributed by atoms with Gasteiger partial charge in [-0.15, -0.1) is 0 Å². The molecular weight excluding hydrogens is 234 g/mol. The van der Waals surface area contributed by atoms with E-state index in [9.17, 15) is 14.9 Å². The van der Waals surface area contributed by atoms with Crippen LogP contribution >= 0.6 is 0 Å². The highest BCUT2D eigenvalue weighted by molar-refractivity contribution is 5.89. The Hall–Kier alpha value is -1.91. The molecule has 0 unspecified atom stereocenters. The zero-order valence-electron chi connectivity index (χ0n) is 10.2. The van der Waals surface area contributed by atoms with Crippen molar-refractivity contribution in [3.05, 3.63) is 39.9 Å². The molecule has 1 saturated carbocycles. The molecule has 0 heterocycles. The molecule has 2 rings (SSSR count). The predicted octanol–water partition coefficient (Wildman–Crippen LogP) is 2.94. The number of hydrogen-bond acceptors (Lipinski definition) is 4. The van der Waals surface area contributed by atoms with E-state index in [0.717, 1.165) is 19.3 Å². The lowest BCUT2D eigenvalue weighted by Gasteiger charge is -2.11. The average molecular weight is 249 g/mol. The fraction of sp³-hybridized carbons (Fsp3) is 0.462. The van der Waals surface area contributed by atoms with Gasteiger partial charge in [-0.2, -0.15) is 0 Å². The van der Waals surface area contributed by atoms with Crippen LogP contribution in [0.4, 0.5) is 5.69 Å². The number of nitro groups is 1. The number of nitro benzene ring substituents is 1. The Balaban J connectivity index is 1.98. The van der Waals surface area contributed by atoms with Crippen molar-refractivity contribution >= 4 is 11.7 Å². The first-order chi connectivity index (χ1) is 8.56. The third-order valence-electron chi connectivity index (χ3n) is 3.23. The largest absolute Gasteiger partial charge is 0.459 e. The minimum absolute atomic E-state index is 0.0114. The van der Waals surface area contributed by atoms with Crippen molar-refractivity contribution in [2.75, 3.05) is 0 Å². The maximum atomic E-state index is 11.8. The Labute approximate surface area is 105 Å². The molecule has 1 aliphatic carbocycles. The molecular formula is C13H15NO4. The number of esters is 1. The maximum absolute atomic E-state index is 11.8. The SMILES string of the molecule is C[C@@H]1CC[C@@H](OC(=O)c2ccc([N+](=O)[O-])cc2)C1. The second-order valence-electron chi connectivity index (χ2n) is 4.75. The van der Waals surface area contributed by atoms with Crippen LogP contribution in [0.3, 0.4) is 0 Å². The van der Waals surface area contributed by atoms with Crippen molar-refractivity contribution in [1.82, 2.24) is 0 Å². The Bertz CT molecular complexity index is 455. The first kappa shape index (κ1) is 12.5. The number of rotatable bonds is 3. The molecule has 0 radical (unpaired) electrons. The lowest BCUT2D eigenvalue weighted by Crippen LogP contribution is -2.15. The van der Waals surface area contributed by atoms with Gasteiger partial charge in [-0.3, -0.25) is 10.1 Å². The molecule has 0 aromatic heterocycles. The third kappa shape index (κ3) is 2.85. The van der Waals surface area contributed by atoms with E-state index in [1.807, 2.05) is 0 Å². The van der Waals surface area contributed by atoms with Crippen LogP contribution in [0.2, 0.25) is 0 Å². The first-order valence-electron chi connectivity index (χ1n) is 6.01. The van der Waals surface area contributed by atoms with Gasteiger partial charge in [-0.1, -0.05) is 6.92 Å². The van der Waals surface area contributed by atoms with Crippen LogP contribution in [0, 0.1) is 16.0 Å². The minimum atomic E-state index is -0.492. The molecule has 0 amide bonds. The van der Waals surface area contributed by atoms with Crippen LogP contribution in [0.1, 0.15) is 36.5 Å². The molecule has 0 N–H and O–H groups in total. The molecule has 96 valence electrons. The predicted molar refractivity (Wildman–Crippen MR) is 65.3 cm³/mol. The van der Waals surface area contributed by atoms with E-state index < -0.39 is 10.9 Å². The van der Waals surface area contributed by atoms with E-state index in [1.54, 1.807) is 0 Å². The van der Waals surface area contributed by atoms with Crippen LogP contribution in [0.25, 0.3) is 0 Å². The fourth-order valence-corrected chi connectivity index (χ4v) is 2.20. The number of non-ortho nitro benzene ring substituents is 1. The maximum Gasteiger partial charge on any atom is 0.338 e. The summed E-state index contributed by atoms with van der Waals surface area (Å²) in [5.74, 6) is 0.198. The number of hydrogen-bond donors (Lipinski definition) is 0. The molecule has 2 atom stereocenters. The van der Waals surface area contributed by atoms with Gasteiger partial charge >= 0.3 is 5.97 Å². The smallest absolute Gasteiger partial charge is 0.338 e. The number of nitrogens with zero attached hydrogens (tertiary/aromatic N) is 1. The normalized spacial score (nSPS) is 22.7. The van der Waals surface area contributed by atoms with Gasteiger partial charge in [0.2, 0.25) is 0 Å². The van der Waals surface area contributed by atoms with Crippen molar-refractivity contribution in [1.29, 1.82) is 0 Å². The van der Waals surface area contributed by atoms with Crippen LogP contribution in [-0.4, -0.2) is 17.0 Å². The van der Waals surface area contributed by atoms with Gasteiger partial charge in [0, 0.05) is 12.1 Å². The summed E-state index contributed by atoms with van der Waals surface area (Å²) in [6, 6.07) is 5.49. The lowest BCUT2D eigenvalue weighted by atomic mass is 10.1. The highest BCUT2D eigenvalue weighted by Crippen LogP contribution is 2.27. The van der Waals surface area contributed by atoms with E-state index in [-0.39, 0.29) is 11.8 Å². The summed E-state index contributed by atoms with van der Waals surface area (Å²) >= 11 is 0. The Morgan fingerprint density at radius 1 is 1.33 bits per heavy atom. The molecule has 5 nitrogen and oxygen atoms in total. The van der Waals surface area contributed by atoms with Gasteiger partial charge in [0.25, 0.3) is 5.69 Å². The van der Waals surface area contributed by atoms with E-state index in [2.05, 4.69) is 6.92 Å². The van der Waals surface area contributed by atoms with Crippen LogP contribution in [0.15, 0.2) is 24.3 Å². The Morgan fingerprint density at radius 2 is 2.00 bits per heavy atom. The summed E-state index contributed by atoms with van der Waals surface area (Å²) in [6.07, 6.45) is 2.87. The standard InChI is InChI=1S/C13H15NO4/c1-9-2-7-12(8-9)18-13(15)10-3-5-11(6-4-10)14(16)17/h3-6,9,12H,2,7-8H2,1H3/t9-,12-/m1/s1. The Kier molecular flexibility index (Phi) is 3.60. The molecule has 0 bridgehead atoms. The summed E-state index contributed by atoms with van der Waals surface area (Å²) in [5, 5.41) is 10.5. The first-order valence-corrected chi connectivity index (χ1v) is 6.01. The monoisotopic (exact) mass is 249 g/mol. The van der Waals surface area contributed by atoms with Crippen molar-refractivity contribution < 1.29 is 14.5 Å². The summed E-state index contributed by atoms with van der Waals surface area (Å²) in [5.41, 5.74) is 0.334. The zero-order valence-corrected chi connectivity index (χ0v) is 10.2. The molecule has 0 aliphatic heterocycles. The van der Waals surface area contributed by atoms with Gasteiger partial charge in [-0.25, -0.2) is 4.79 Å². The average Bonchev–Trinajstić information content (AvgIpc) is 2.75. The van der Waals surface area contributed by atoms with Gasteiger partial charge in [0.1, 0.15) is 6.10 Å². The highest BCUT2D eigenvalue weighted by Gasteiger charge is 2.25. The van der Waals surface area contributed by atoms with Crippen molar-refractivity contribution in [2.24, 2.45) is 5.92 Å².